The zero-order chi connectivity index (χ0) is 13.0. The predicted octanol–water partition coefficient (Wildman–Crippen LogP) is 3.27. The molecule has 92 valence electrons. The van der Waals surface area contributed by atoms with Gasteiger partial charge in [-0.15, -0.1) is 0 Å². The number of carboxylic acid groups (broad SMARTS) is 1. The lowest BCUT2D eigenvalue weighted by molar-refractivity contribution is 0.0694. The van der Waals surface area contributed by atoms with E-state index in [-0.39, 0.29) is 12.2 Å². The van der Waals surface area contributed by atoms with Crippen LogP contribution >= 0.6 is 0 Å². The molecule has 18 heavy (non-hydrogen) atoms. The molecule has 0 radical (unpaired) electrons. The number of benzene rings is 2. The van der Waals surface area contributed by atoms with E-state index in [9.17, 15) is 4.79 Å². The highest BCUT2D eigenvalue weighted by molar-refractivity contribution is 5.89. The van der Waals surface area contributed by atoms with Crippen molar-refractivity contribution in [3.05, 3.63) is 65.2 Å². The fourth-order valence-electron chi connectivity index (χ4n) is 1.73. The molecule has 0 aromatic heterocycles. The SMILES string of the molecule is Cc1ccc(C(=O)O)c(COc2ccccc2)c1. The lowest BCUT2D eigenvalue weighted by Gasteiger charge is -2.09. The topological polar surface area (TPSA) is 46.5 Å². The number of rotatable bonds is 4. The summed E-state index contributed by atoms with van der Waals surface area (Å²) in [5.41, 5.74) is 1.99. The van der Waals surface area contributed by atoms with Crippen LogP contribution in [0, 0.1) is 6.92 Å². The van der Waals surface area contributed by atoms with Gasteiger partial charge in [0.2, 0.25) is 0 Å². The summed E-state index contributed by atoms with van der Waals surface area (Å²) >= 11 is 0. The molecule has 0 heterocycles. The molecular weight excluding hydrogens is 228 g/mol. The van der Waals surface area contributed by atoms with Crippen molar-refractivity contribution >= 4 is 5.97 Å². The third-order valence-corrected chi connectivity index (χ3v) is 2.63. The Labute approximate surface area is 106 Å². The highest BCUT2D eigenvalue weighted by Gasteiger charge is 2.10. The van der Waals surface area contributed by atoms with Gasteiger partial charge in [0.15, 0.2) is 0 Å². The average molecular weight is 242 g/mol. The van der Waals surface area contributed by atoms with Crippen molar-refractivity contribution in [2.75, 3.05) is 0 Å². The Morgan fingerprint density at radius 1 is 1.17 bits per heavy atom. The van der Waals surface area contributed by atoms with Gasteiger partial charge >= 0.3 is 5.97 Å². The minimum atomic E-state index is -0.929. The lowest BCUT2D eigenvalue weighted by atomic mass is 10.1. The number of carbonyl (C=O) groups is 1. The Bertz CT molecular complexity index is 547. The van der Waals surface area contributed by atoms with Gasteiger partial charge in [-0.25, -0.2) is 4.79 Å². The van der Waals surface area contributed by atoms with E-state index >= 15 is 0 Å². The third kappa shape index (κ3) is 2.88. The zero-order valence-electron chi connectivity index (χ0n) is 10.1. The first-order chi connectivity index (χ1) is 8.66. The van der Waals surface area contributed by atoms with Crippen LogP contribution < -0.4 is 4.74 Å². The van der Waals surface area contributed by atoms with E-state index in [4.69, 9.17) is 9.84 Å². The van der Waals surface area contributed by atoms with Crippen LogP contribution in [0.25, 0.3) is 0 Å². The van der Waals surface area contributed by atoms with Gasteiger partial charge in [0, 0.05) is 5.56 Å². The van der Waals surface area contributed by atoms with Gasteiger partial charge in [-0.3, -0.25) is 0 Å². The van der Waals surface area contributed by atoms with Crippen molar-refractivity contribution in [2.24, 2.45) is 0 Å². The van der Waals surface area contributed by atoms with Crippen LogP contribution in [0.15, 0.2) is 48.5 Å². The van der Waals surface area contributed by atoms with E-state index in [2.05, 4.69) is 0 Å². The maximum Gasteiger partial charge on any atom is 0.336 e. The molecule has 0 aliphatic heterocycles. The molecule has 0 unspecified atom stereocenters. The molecule has 0 amide bonds. The molecule has 3 heteroatoms. The van der Waals surface area contributed by atoms with Gasteiger partial charge in [0.1, 0.15) is 12.4 Å². The summed E-state index contributed by atoms with van der Waals surface area (Å²) in [5, 5.41) is 9.10. The quantitative estimate of drug-likeness (QED) is 0.895. The normalized spacial score (nSPS) is 10.1. The van der Waals surface area contributed by atoms with Crippen LogP contribution in [0.1, 0.15) is 21.5 Å². The first kappa shape index (κ1) is 12.2. The van der Waals surface area contributed by atoms with Gasteiger partial charge in [-0.05, 0) is 25.1 Å². The van der Waals surface area contributed by atoms with E-state index < -0.39 is 5.97 Å². The number of hydrogen-bond donors (Lipinski definition) is 1. The average Bonchev–Trinajstić information content (AvgIpc) is 2.37. The van der Waals surface area contributed by atoms with Crippen molar-refractivity contribution < 1.29 is 14.6 Å². The third-order valence-electron chi connectivity index (χ3n) is 2.63. The summed E-state index contributed by atoms with van der Waals surface area (Å²) in [6, 6.07) is 14.6. The summed E-state index contributed by atoms with van der Waals surface area (Å²) in [6.07, 6.45) is 0. The number of para-hydroxylation sites is 1. The molecule has 1 N–H and O–H groups in total. The molecule has 0 saturated carbocycles. The fourth-order valence-corrected chi connectivity index (χ4v) is 1.73. The molecule has 0 saturated heterocycles. The minimum Gasteiger partial charge on any atom is -0.489 e. The molecular formula is C15H14O3. The van der Waals surface area contributed by atoms with E-state index in [0.29, 0.717) is 5.56 Å². The van der Waals surface area contributed by atoms with Crippen molar-refractivity contribution in [2.45, 2.75) is 13.5 Å². The molecule has 0 spiro atoms. The Morgan fingerprint density at radius 3 is 2.56 bits per heavy atom. The number of carboxylic acids is 1. The summed E-state index contributed by atoms with van der Waals surface area (Å²) in [5.74, 6) is -0.197. The number of ether oxygens (including phenoxy) is 1. The highest BCUT2D eigenvalue weighted by Crippen LogP contribution is 2.16. The maximum absolute atomic E-state index is 11.1. The van der Waals surface area contributed by atoms with Crippen molar-refractivity contribution in [3.8, 4) is 5.75 Å². The number of aromatic carboxylic acids is 1. The first-order valence-electron chi connectivity index (χ1n) is 5.67. The van der Waals surface area contributed by atoms with Crippen LogP contribution in [0.4, 0.5) is 0 Å². The van der Waals surface area contributed by atoms with E-state index in [1.165, 1.54) is 0 Å². The number of aryl methyl sites for hydroxylation is 1. The summed E-state index contributed by atoms with van der Waals surface area (Å²) in [4.78, 5) is 11.1. The van der Waals surface area contributed by atoms with Crippen LogP contribution in [-0.2, 0) is 6.61 Å². The van der Waals surface area contributed by atoms with E-state index in [0.717, 1.165) is 11.3 Å². The molecule has 0 aliphatic carbocycles. The standard InChI is InChI=1S/C15H14O3/c1-11-7-8-14(15(16)17)12(9-11)10-18-13-5-3-2-4-6-13/h2-9H,10H2,1H3,(H,16,17). The summed E-state index contributed by atoms with van der Waals surface area (Å²) in [6.45, 7) is 2.19. The maximum atomic E-state index is 11.1. The van der Waals surface area contributed by atoms with Gasteiger partial charge < -0.3 is 9.84 Å². The summed E-state index contributed by atoms with van der Waals surface area (Å²) < 4.78 is 5.57. The predicted molar refractivity (Wildman–Crippen MR) is 68.9 cm³/mol. The van der Waals surface area contributed by atoms with E-state index in [1.54, 1.807) is 12.1 Å². The second-order valence-corrected chi connectivity index (χ2v) is 4.07. The highest BCUT2D eigenvalue weighted by atomic mass is 16.5. The van der Waals surface area contributed by atoms with Gasteiger partial charge in [-0.2, -0.15) is 0 Å². The molecule has 0 atom stereocenters. The fraction of sp³-hybridized carbons (Fsp3) is 0.133. The molecule has 2 aromatic carbocycles. The second kappa shape index (κ2) is 5.36. The monoisotopic (exact) mass is 242 g/mol. The second-order valence-electron chi connectivity index (χ2n) is 4.07. The van der Waals surface area contributed by atoms with Crippen LogP contribution in [0.2, 0.25) is 0 Å². The molecule has 0 bridgehead atoms. The van der Waals surface area contributed by atoms with E-state index in [1.807, 2.05) is 43.3 Å². The largest absolute Gasteiger partial charge is 0.489 e. The lowest BCUT2D eigenvalue weighted by Crippen LogP contribution is -2.06. The Hall–Kier alpha value is -2.29. The Morgan fingerprint density at radius 2 is 1.89 bits per heavy atom. The van der Waals surface area contributed by atoms with Crippen molar-refractivity contribution in [1.29, 1.82) is 0 Å². The van der Waals surface area contributed by atoms with Crippen molar-refractivity contribution in [3.63, 3.8) is 0 Å². The molecule has 0 aliphatic rings. The Kier molecular flexibility index (Phi) is 3.63. The first-order valence-corrected chi connectivity index (χ1v) is 5.67. The molecule has 2 rings (SSSR count). The smallest absolute Gasteiger partial charge is 0.336 e. The van der Waals surface area contributed by atoms with Gasteiger partial charge in [0.25, 0.3) is 0 Å². The zero-order valence-corrected chi connectivity index (χ0v) is 10.1. The minimum absolute atomic E-state index is 0.257. The number of hydrogen-bond acceptors (Lipinski definition) is 2. The van der Waals surface area contributed by atoms with Crippen molar-refractivity contribution in [1.82, 2.24) is 0 Å². The Balaban J connectivity index is 2.18. The molecule has 2 aromatic rings. The van der Waals surface area contributed by atoms with Gasteiger partial charge in [-0.1, -0.05) is 35.9 Å². The molecule has 0 fully saturated rings. The van der Waals surface area contributed by atoms with Gasteiger partial charge in [0.05, 0.1) is 5.56 Å². The van der Waals surface area contributed by atoms with Crippen LogP contribution in [-0.4, -0.2) is 11.1 Å². The summed E-state index contributed by atoms with van der Waals surface area (Å²) in [7, 11) is 0. The van der Waals surface area contributed by atoms with Crippen LogP contribution in [0.5, 0.6) is 5.75 Å². The van der Waals surface area contributed by atoms with Crippen LogP contribution in [0.3, 0.4) is 0 Å². The molecule has 3 nitrogen and oxygen atoms in total.